The van der Waals surface area contributed by atoms with E-state index in [1.807, 2.05) is 13.8 Å². The minimum absolute atomic E-state index is 0.137. The molecular weight excluding hydrogens is 194 g/mol. The lowest BCUT2D eigenvalue weighted by Crippen LogP contribution is -2.26. The Morgan fingerprint density at radius 2 is 2.13 bits per heavy atom. The van der Waals surface area contributed by atoms with Crippen LogP contribution in [0.3, 0.4) is 0 Å². The van der Waals surface area contributed by atoms with Crippen molar-refractivity contribution in [3.05, 3.63) is 17.5 Å². The molecule has 0 radical (unpaired) electrons. The van der Waals surface area contributed by atoms with Gasteiger partial charge in [0, 0.05) is 14.1 Å². The Hall–Kier alpha value is -1.36. The second kappa shape index (κ2) is 4.44. The Balaban J connectivity index is 3.01. The first-order valence-electron chi connectivity index (χ1n) is 4.86. The van der Waals surface area contributed by atoms with Gasteiger partial charge in [-0.15, -0.1) is 0 Å². The molecule has 5 nitrogen and oxygen atoms in total. The standard InChI is InChI=1S/C10H17N3O2/c1-6(2)8(11)9-7(5-15-12-9)10(14)13(3)4/h5-6,8H,11H2,1-4H3/t8-/m1/s1. The molecule has 0 aromatic carbocycles. The fraction of sp³-hybridized carbons (Fsp3) is 0.600. The van der Waals surface area contributed by atoms with Crippen LogP contribution in [0.25, 0.3) is 0 Å². The second-order valence-electron chi connectivity index (χ2n) is 4.08. The van der Waals surface area contributed by atoms with Crippen LogP contribution in [0, 0.1) is 5.92 Å². The number of hydrogen-bond acceptors (Lipinski definition) is 4. The average molecular weight is 211 g/mol. The molecule has 84 valence electrons. The van der Waals surface area contributed by atoms with Crippen molar-refractivity contribution in [2.75, 3.05) is 14.1 Å². The van der Waals surface area contributed by atoms with Crippen LogP contribution in [-0.2, 0) is 0 Å². The Morgan fingerprint density at radius 3 is 2.60 bits per heavy atom. The molecule has 15 heavy (non-hydrogen) atoms. The Labute approximate surface area is 89.2 Å². The van der Waals surface area contributed by atoms with E-state index in [0.29, 0.717) is 11.3 Å². The summed E-state index contributed by atoms with van der Waals surface area (Å²) in [6.45, 7) is 3.95. The molecule has 1 rings (SSSR count). The van der Waals surface area contributed by atoms with Crippen molar-refractivity contribution in [2.45, 2.75) is 19.9 Å². The number of nitrogens with zero attached hydrogens (tertiary/aromatic N) is 2. The van der Waals surface area contributed by atoms with Crippen LogP contribution >= 0.6 is 0 Å². The van der Waals surface area contributed by atoms with Crippen LogP contribution in [-0.4, -0.2) is 30.1 Å². The highest BCUT2D eigenvalue weighted by atomic mass is 16.5. The van der Waals surface area contributed by atoms with Gasteiger partial charge in [0.05, 0.1) is 6.04 Å². The summed E-state index contributed by atoms with van der Waals surface area (Å²) >= 11 is 0. The maximum absolute atomic E-state index is 11.7. The van der Waals surface area contributed by atoms with Gasteiger partial charge >= 0.3 is 0 Å². The highest BCUT2D eigenvalue weighted by molar-refractivity contribution is 5.94. The zero-order chi connectivity index (χ0) is 11.6. The van der Waals surface area contributed by atoms with Crippen LogP contribution in [0.2, 0.25) is 0 Å². The summed E-state index contributed by atoms with van der Waals surface area (Å²) in [6, 6.07) is -0.275. The molecule has 0 aliphatic carbocycles. The molecule has 1 aromatic heterocycles. The first-order chi connectivity index (χ1) is 6.95. The summed E-state index contributed by atoms with van der Waals surface area (Å²) in [4.78, 5) is 13.2. The van der Waals surface area contributed by atoms with Crippen molar-refractivity contribution in [2.24, 2.45) is 11.7 Å². The molecule has 5 heteroatoms. The minimum atomic E-state index is -0.275. The summed E-state index contributed by atoms with van der Waals surface area (Å²) in [5, 5.41) is 3.79. The van der Waals surface area contributed by atoms with Gasteiger partial charge in [-0.25, -0.2) is 0 Å². The Morgan fingerprint density at radius 1 is 1.53 bits per heavy atom. The van der Waals surface area contributed by atoms with Crippen LogP contribution in [0.4, 0.5) is 0 Å². The molecule has 2 N–H and O–H groups in total. The van der Waals surface area contributed by atoms with Crippen LogP contribution < -0.4 is 5.73 Å². The Bertz CT molecular complexity index is 344. The molecule has 0 spiro atoms. The SMILES string of the molecule is CC(C)[C@@H](N)c1nocc1C(=O)N(C)C. The van der Waals surface area contributed by atoms with Crippen molar-refractivity contribution in [1.29, 1.82) is 0 Å². The topological polar surface area (TPSA) is 72.4 Å². The van der Waals surface area contributed by atoms with Crippen molar-refractivity contribution in [1.82, 2.24) is 10.1 Å². The lowest BCUT2D eigenvalue weighted by Gasteiger charge is -2.15. The summed E-state index contributed by atoms with van der Waals surface area (Å²) in [7, 11) is 3.36. The fourth-order valence-corrected chi connectivity index (χ4v) is 1.20. The Kier molecular flexibility index (Phi) is 3.47. The molecule has 0 bridgehead atoms. The van der Waals surface area contributed by atoms with Crippen LogP contribution in [0.1, 0.15) is 35.9 Å². The predicted octanol–water partition coefficient (Wildman–Crippen LogP) is 1.03. The van der Waals surface area contributed by atoms with Gasteiger partial charge in [0.1, 0.15) is 17.5 Å². The number of carbonyl (C=O) groups excluding carboxylic acids is 1. The van der Waals surface area contributed by atoms with Gasteiger partial charge in [-0.2, -0.15) is 0 Å². The van der Waals surface area contributed by atoms with E-state index in [1.54, 1.807) is 14.1 Å². The molecule has 0 fully saturated rings. The first kappa shape index (κ1) is 11.7. The minimum Gasteiger partial charge on any atom is -0.364 e. The van der Waals surface area contributed by atoms with E-state index in [0.717, 1.165) is 0 Å². The first-order valence-corrected chi connectivity index (χ1v) is 4.86. The zero-order valence-corrected chi connectivity index (χ0v) is 9.52. The van der Waals surface area contributed by atoms with E-state index in [2.05, 4.69) is 5.16 Å². The lowest BCUT2D eigenvalue weighted by atomic mass is 9.99. The number of carbonyl (C=O) groups is 1. The molecule has 1 atom stereocenters. The maximum atomic E-state index is 11.7. The summed E-state index contributed by atoms with van der Waals surface area (Å²) in [6.07, 6.45) is 1.35. The van der Waals surface area contributed by atoms with E-state index in [4.69, 9.17) is 10.3 Å². The van der Waals surface area contributed by atoms with Gasteiger partial charge in [-0.05, 0) is 5.92 Å². The van der Waals surface area contributed by atoms with E-state index in [-0.39, 0.29) is 17.9 Å². The van der Waals surface area contributed by atoms with Gasteiger partial charge in [0.2, 0.25) is 0 Å². The molecular formula is C10H17N3O2. The lowest BCUT2D eigenvalue weighted by molar-refractivity contribution is 0.0825. The van der Waals surface area contributed by atoms with Crippen molar-refractivity contribution < 1.29 is 9.32 Å². The normalized spacial score (nSPS) is 12.9. The highest BCUT2D eigenvalue weighted by Crippen LogP contribution is 2.21. The van der Waals surface area contributed by atoms with Gasteiger partial charge < -0.3 is 15.2 Å². The molecule has 0 saturated carbocycles. The third-order valence-electron chi connectivity index (χ3n) is 2.27. The van der Waals surface area contributed by atoms with E-state index >= 15 is 0 Å². The van der Waals surface area contributed by atoms with E-state index < -0.39 is 0 Å². The van der Waals surface area contributed by atoms with E-state index in [9.17, 15) is 4.79 Å². The molecule has 0 unspecified atom stereocenters. The van der Waals surface area contributed by atoms with Crippen LogP contribution in [0.15, 0.2) is 10.8 Å². The summed E-state index contributed by atoms with van der Waals surface area (Å²) < 4.78 is 4.81. The van der Waals surface area contributed by atoms with Gasteiger partial charge in [0.15, 0.2) is 0 Å². The van der Waals surface area contributed by atoms with Gasteiger partial charge in [0.25, 0.3) is 5.91 Å². The summed E-state index contributed by atoms with van der Waals surface area (Å²) in [5.41, 5.74) is 6.90. The number of amides is 1. The highest BCUT2D eigenvalue weighted by Gasteiger charge is 2.23. The molecule has 0 aliphatic heterocycles. The van der Waals surface area contributed by atoms with Crippen LogP contribution in [0.5, 0.6) is 0 Å². The zero-order valence-electron chi connectivity index (χ0n) is 9.52. The number of aromatic nitrogens is 1. The second-order valence-corrected chi connectivity index (χ2v) is 4.08. The number of nitrogens with two attached hydrogens (primary N) is 1. The smallest absolute Gasteiger partial charge is 0.258 e. The summed E-state index contributed by atoms with van der Waals surface area (Å²) in [5.74, 6) is 0.0752. The largest absolute Gasteiger partial charge is 0.364 e. The predicted molar refractivity (Wildman–Crippen MR) is 56.3 cm³/mol. The monoisotopic (exact) mass is 211 g/mol. The molecule has 1 aromatic rings. The number of hydrogen-bond donors (Lipinski definition) is 1. The third-order valence-corrected chi connectivity index (χ3v) is 2.27. The average Bonchev–Trinajstić information content (AvgIpc) is 2.63. The number of rotatable bonds is 3. The van der Waals surface area contributed by atoms with Gasteiger partial charge in [-0.1, -0.05) is 19.0 Å². The van der Waals surface area contributed by atoms with Crippen molar-refractivity contribution in [3.8, 4) is 0 Å². The van der Waals surface area contributed by atoms with Crippen molar-refractivity contribution >= 4 is 5.91 Å². The van der Waals surface area contributed by atoms with Crippen molar-refractivity contribution in [3.63, 3.8) is 0 Å². The molecule has 1 amide bonds. The maximum Gasteiger partial charge on any atom is 0.258 e. The molecule has 0 saturated heterocycles. The van der Waals surface area contributed by atoms with Gasteiger partial charge in [-0.3, -0.25) is 4.79 Å². The fourth-order valence-electron chi connectivity index (χ4n) is 1.20. The molecule has 1 heterocycles. The molecule has 0 aliphatic rings. The third kappa shape index (κ3) is 2.36. The van der Waals surface area contributed by atoms with E-state index in [1.165, 1.54) is 11.2 Å². The quantitative estimate of drug-likeness (QED) is 0.810.